The summed E-state index contributed by atoms with van der Waals surface area (Å²) >= 11 is -1.93. The molecule has 0 spiro atoms. The molecule has 0 saturated heterocycles. The van der Waals surface area contributed by atoms with Crippen molar-refractivity contribution in [3.05, 3.63) is 29.8 Å². The van der Waals surface area contributed by atoms with Crippen LogP contribution in [0.25, 0.3) is 0 Å². The van der Waals surface area contributed by atoms with Crippen molar-refractivity contribution in [1.82, 2.24) is 4.90 Å². The van der Waals surface area contributed by atoms with Gasteiger partial charge in [-0.3, -0.25) is 0 Å². The molecule has 0 aliphatic rings. The van der Waals surface area contributed by atoms with Gasteiger partial charge in [0.2, 0.25) is 0 Å². The van der Waals surface area contributed by atoms with Crippen LogP contribution in [0.3, 0.4) is 0 Å². The quantitative estimate of drug-likeness (QED) is 0.593. The summed E-state index contributed by atoms with van der Waals surface area (Å²) in [5.41, 5.74) is 1.56. The van der Waals surface area contributed by atoms with Gasteiger partial charge in [-0.25, -0.2) is 0 Å². The van der Waals surface area contributed by atoms with Gasteiger partial charge in [0.05, 0.1) is 0 Å². The first-order chi connectivity index (χ1) is 7.49. The Morgan fingerprint density at radius 2 is 1.56 bits per heavy atom. The zero-order valence-corrected chi connectivity index (χ0v) is 14.2. The van der Waals surface area contributed by atoms with Crippen molar-refractivity contribution in [2.45, 2.75) is 35.2 Å². The normalized spacial score (nSPS) is 12.1. The van der Waals surface area contributed by atoms with E-state index in [1.54, 1.807) is 9.14 Å². The van der Waals surface area contributed by atoms with Gasteiger partial charge in [-0.05, 0) is 0 Å². The molecule has 0 amide bonds. The Balaban J connectivity index is 2.95. The third kappa shape index (κ3) is 3.77. The molecule has 0 radical (unpaired) electrons. The summed E-state index contributed by atoms with van der Waals surface area (Å²) in [7, 11) is 0. The number of hydrogen-bond donors (Lipinski definition) is 0. The molecule has 1 aromatic carbocycles. The van der Waals surface area contributed by atoms with Crippen LogP contribution in [0.2, 0.25) is 14.8 Å². The third-order valence-corrected chi connectivity index (χ3v) is 9.12. The van der Waals surface area contributed by atoms with Gasteiger partial charge in [0.1, 0.15) is 0 Å². The molecule has 0 heterocycles. The van der Waals surface area contributed by atoms with Gasteiger partial charge >= 0.3 is 105 Å². The fourth-order valence-corrected chi connectivity index (χ4v) is 6.99. The maximum atomic E-state index is 2.50. The topological polar surface area (TPSA) is 3.24 Å². The minimum absolute atomic E-state index is 1.12. The average Bonchev–Trinajstić information content (AvgIpc) is 2.25. The Kier molecular flexibility index (Phi) is 5.32. The number of nitrogens with zero attached hydrogens (tertiary/aromatic N) is 1. The molecule has 0 aliphatic heterocycles. The van der Waals surface area contributed by atoms with Gasteiger partial charge in [0, 0.05) is 0 Å². The van der Waals surface area contributed by atoms with Gasteiger partial charge in [0.15, 0.2) is 0 Å². The molecule has 0 unspecified atom stereocenters. The second-order valence-corrected chi connectivity index (χ2v) is 19.7. The predicted molar refractivity (Wildman–Crippen MR) is 76.0 cm³/mol. The molecule has 0 fully saturated rings. The van der Waals surface area contributed by atoms with Crippen LogP contribution in [0.5, 0.6) is 0 Å². The van der Waals surface area contributed by atoms with E-state index >= 15 is 0 Å². The summed E-state index contributed by atoms with van der Waals surface area (Å²) in [6.07, 6.45) is 0. The van der Waals surface area contributed by atoms with Gasteiger partial charge in [-0.2, -0.15) is 0 Å². The van der Waals surface area contributed by atoms with E-state index in [4.69, 9.17) is 0 Å². The summed E-state index contributed by atoms with van der Waals surface area (Å²) in [5, 5.41) is 0. The number of rotatable bonds is 5. The van der Waals surface area contributed by atoms with Crippen LogP contribution in [0.15, 0.2) is 24.3 Å². The van der Waals surface area contributed by atoms with Crippen molar-refractivity contribution in [2.75, 3.05) is 13.1 Å². The standard InChI is InChI=1S/C11H16N.3CH3.Sn/c1-3-12(4-2)10-11-8-6-5-7-9-11;;;;/h5-8H,3-4,10H2,1-2H3;3*1H3;/i12+1;;;;. The minimum atomic E-state index is -1.93. The maximum absolute atomic E-state index is 2.50. The van der Waals surface area contributed by atoms with Crippen molar-refractivity contribution in [1.29, 1.82) is 0 Å². The first kappa shape index (κ1) is 14.0. The van der Waals surface area contributed by atoms with E-state index in [1.165, 1.54) is 0 Å². The van der Waals surface area contributed by atoms with Crippen LogP contribution in [-0.2, 0) is 6.54 Å². The van der Waals surface area contributed by atoms with Crippen LogP contribution >= 0.6 is 0 Å². The monoisotopic (exact) mass is 328 g/mol. The molecule has 0 saturated carbocycles. The summed E-state index contributed by atoms with van der Waals surface area (Å²) in [5.74, 6) is 0. The van der Waals surface area contributed by atoms with Crippen LogP contribution in [0, 0.1) is 0 Å². The fraction of sp³-hybridized carbons (Fsp3) is 0.571. The molecule has 1 rings (SSSR count). The van der Waals surface area contributed by atoms with Crippen molar-refractivity contribution in [3.63, 3.8) is 0 Å². The van der Waals surface area contributed by atoms with E-state index < -0.39 is 18.4 Å². The molecule has 0 N–H and O–H groups in total. The average molecular weight is 327 g/mol. The van der Waals surface area contributed by atoms with Gasteiger partial charge in [0.25, 0.3) is 0 Å². The fourth-order valence-electron chi connectivity index (χ4n) is 2.08. The van der Waals surface area contributed by atoms with Crippen LogP contribution in [-0.4, -0.2) is 36.4 Å². The van der Waals surface area contributed by atoms with Crippen molar-refractivity contribution in [3.8, 4) is 0 Å². The Bertz CT molecular complexity index is 324. The first-order valence-electron chi connectivity index (χ1n) is 6.29. The van der Waals surface area contributed by atoms with E-state index in [9.17, 15) is 0 Å². The molecule has 0 aliphatic carbocycles. The van der Waals surface area contributed by atoms with Crippen molar-refractivity contribution in [2.24, 2.45) is 0 Å². The summed E-state index contributed by atoms with van der Waals surface area (Å²) in [6.45, 7) is 7.89. The molecule has 16 heavy (non-hydrogen) atoms. The van der Waals surface area contributed by atoms with E-state index in [-0.39, 0.29) is 0 Å². The van der Waals surface area contributed by atoms with Gasteiger partial charge < -0.3 is 0 Å². The van der Waals surface area contributed by atoms with E-state index in [0.29, 0.717) is 0 Å². The number of hydrogen-bond acceptors (Lipinski definition) is 1. The van der Waals surface area contributed by atoms with Gasteiger partial charge in [-0.15, -0.1) is 0 Å². The predicted octanol–water partition coefficient (Wildman–Crippen LogP) is 3.07. The zero-order chi connectivity index (χ0) is 12.2. The molecule has 1 aromatic rings. The summed E-state index contributed by atoms with van der Waals surface area (Å²) in [4.78, 5) is 9.98. The number of benzene rings is 1. The summed E-state index contributed by atoms with van der Waals surface area (Å²) < 4.78 is 1.68. The van der Waals surface area contributed by atoms with Crippen molar-refractivity contribution < 1.29 is 0 Å². The van der Waals surface area contributed by atoms with Crippen LogP contribution in [0.4, 0.5) is 0 Å². The molecule has 2 heteroatoms. The Hall–Kier alpha value is -0.0213. The SMILES string of the molecule is CC[15N](CC)Cc1cccc[c]1[Sn]([CH3])([CH3])[CH3]. The second-order valence-electron chi connectivity index (χ2n) is 5.37. The Labute approximate surface area is 105 Å². The van der Waals surface area contributed by atoms with E-state index in [2.05, 4.69) is 57.8 Å². The van der Waals surface area contributed by atoms with Gasteiger partial charge in [-0.1, -0.05) is 0 Å². The molecule has 0 atom stereocenters. The van der Waals surface area contributed by atoms with E-state index in [0.717, 1.165) is 19.6 Å². The third-order valence-electron chi connectivity index (χ3n) is 3.11. The second kappa shape index (κ2) is 6.06. The molecule has 90 valence electrons. The Morgan fingerprint density at radius 1 is 1.00 bits per heavy atom. The van der Waals surface area contributed by atoms with Crippen molar-refractivity contribution >= 4 is 22.0 Å². The molecule has 0 aromatic heterocycles. The zero-order valence-electron chi connectivity index (χ0n) is 11.4. The van der Waals surface area contributed by atoms with E-state index in [1.807, 2.05) is 0 Å². The molecule has 1 nitrogen and oxygen atoms in total. The molecular formula is C14H25NSn. The molecular weight excluding hydrogens is 302 g/mol. The summed E-state index contributed by atoms with van der Waals surface area (Å²) in [6, 6.07) is 9.05. The van der Waals surface area contributed by atoms with Crippen LogP contribution in [0.1, 0.15) is 19.4 Å². The Morgan fingerprint density at radius 3 is 2.06 bits per heavy atom. The first-order valence-corrected chi connectivity index (χ1v) is 16.3. The molecule has 0 bridgehead atoms. The van der Waals surface area contributed by atoms with Crippen LogP contribution < -0.4 is 3.58 Å².